The first-order valence-electron chi connectivity index (χ1n) is 10.6. The Morgan fingerprint density at radius 3 is 2.73 bits per heavy atom. The van der Waals surface area contributed by atoms with Gasteiger partial charge in [0.25, 0.3) is 0 Å². The van der Waals surface area contributed by atoms with Gasteiger partial charge in [0.2, 0.25) is 0 Å². The number of ether oxygens (including phenoxy) is 2. The molecule has 0 spiro atoms. The summed E-state index contributed by atoms with van der Waals surface area (Å²) in [5, 5.41) is 38.4. The molecule has 0 radical (unpaired) electrons. The van der Waals surface area contributed by atoms with E-state index in [2.05, 4.69) is 10.3 Å². The predicted molar refractivity (Wildman–Crippen MR) is 117 cm³/mol. The van der Waals surface area contributed by atoms with Crippen LogP contribution >= 0.6 is 0 Å². The Morgan fingerprint density at radius 1 is 1.21 bits per heavy atom. The molecule has 1 aliphatic rings. The van der Waals surface area contributed by atoms with Crippen LogP contribution in [0.2, 0.25) is 0 Å². The highest BCUT2D eigenvalue weighted by Gasteiger charge is 2.25. The lowest BCUT2D eigenvalue weighted by molar-refractivity contribution is -0.127. The normalized spacial score (nSPS) is 26.1. The van der Waals surface area contributed by atoms with Gasteiger partial charge in [-0.05, 0) is 31.1 Å². The lowest BCUT2D eigenvalue weighted by atomic mass is 9.99. The van der Waals surface area contributed by atoms with Gasteiger partial charge in [0.15, 0.2) is 5.78 Å². The maximum absolute atomic E-state index is 12.9. The third kappa shape index (κ3) is 6.27. The molecule has 0 fully saturated rings. The van der Waals surface area contributed by atoms with Crippen LogP contribution in [0, 0.1) is 5.92 Å². The third-order valence-corrected chi connectivity index (χ3v) is 5.32. The Hall–Kier alpha value is -3.50. The Morgan fingerprint density at radius 2 is 2.00 bits per heavy atom. The highest BCUT2D eigenvalue weighted by Crippen LogP contribution is 2.31. The van der Waals surface area contributed by atoms with Gasteiger partial charge in [-0.3, -0.25) is 4.79 Å². The third-order valence-electron chi connectivity index (χ3n) is 5.32. The van der Waals surface area contributed by atoms with Crippen molar-refractivity contribution in [2.45, 2.75) is 45.1 Å². The van der Waals surface area contributed by atoms with Crippen molar-refractivity contribution in [1.29, 1.82) is 0 Å². The number of aliphatic hydroxyl groups excluding tert-OH is 2. The number of ketones is 1. The van der Waals surface area contributed by atoms with Gasteiger partial charge in [-0.25, -0.2) is 9.48 Å². The molecule has 1 aromatic heterocycles. The van der Waals surface area contributed by atoms with E-state index in [1.54, 1.807) is 37.0 Å². The monoisotopic (exact) mass is 457 g/mol. The van der Waals surface area contributed by atoms with Crippen LogP contribution in [0.3, 0.4) is 0 Å². The van der Waals surface area contributed by atoms with Crippen molar-refractivity contribution in [3.05, 3.63) is 53.9 Å². The summed E-state index contributed by atoms with van der Waals surface area (Å²) < 4.78 is 12.8. The van der Waals surface area contributed by atoms with Crippen LogP contribution in [-0.2, 0) is 16.1 Å². The second-order valence-electron chi connectivity index (χ2n) is 7.80. The van der Waals surface area contributed by atoms with E-state index >= 15 is 0 Å². The summed E-state index contributed by atoms with van der Waals surface area (Å²) in [5.74, 6) is -1.75. The molecule has 1 aromatic carbocycles. The fourth-order valence-electron chi connectivity index (χ4n) is 3.16. The van der Waals surface area contributed by atoms with Gasteiger partial charge in [-0.15, -0.1) is 5.10 Å². The van der Waals surface area contributed by atoms with Gasteiger partial charge in [-0.2, -0.15) is 0 Å². The number of phenolic OH excluding ortho intramolecular Hbond substituents is 1. The number of carbonyl (C=O) groups is 2. The van der Waals surface area contributed by atoms with Crippen molar-refractivity contribution in [2.24, 2.45) is 5.92 Å². The number of carbonyl (C=O) groups excluding carboxylic acids is 2. The molecular formula is C23H27N3O7. The van der Waals surface area contributed by atoms with Crippen molar-refractivity contribution < 1.29 is 34.4 Å². The standard InChI is InChI=1S/C23H27N3O7/c1-14-6-7-19(28)22(30)18(27)5-3-4-16-12-17(32-11-10-26-9-8-24-25-26)13-20(29)21(16)23(31)33-15(14)2/h3-4,6-9,12-15,18,22,27,29-30H,5,10-11H2,1-2H3/b4-3+,7-6-/t14-,15?,18?,22?/m1/s1. The fraction of sp³-hybridized carbons (Fsp3) is 0.391. The molecule has 10 nitrogen and oxygen atoms in total. The summed E-state index contributed by atoms with van der Waals surface area (Å²) >= 11 is 0. The zero-order chi connectivity index (χ0) is 24.0. The molecule has 0 saturated heterocycles. The molecule has 10 heteroatoms. The first-order chi connectivity index (χ1) is 15.8. The van der Waals surface area contributed by atoms with Crippen molar-refractivity contribution in [3.8, 4) is 11.5 Å². The van der Waals surface area contributed by atoms with Crippen LogP contribution in [0.5, 0.6) is 11.5 Å². The molecule has 0 amide bonds. The second-order valence-corrected chi connectivity index (χ2v) is 7.80. The summed E-state index contributed by atoms with van der Waals surface area (Å²) in [7, 11) is 0. The topological polar surface area (TPSA) is 144 Å². The van der Waals surface area contributed by atoms with Crippen molar-refractivity contribution in [1.82, 2.24) is 15.0 Å². The lowest BCUT2D eigenvalue weighted by Crippen LogP contribution is -2.32. The summed E-state index contributed by atoms with van der Waals surface area (Å²) in [6, 6.07) is 2.88. The average Bonchev–Trinajstić information content (AvgIpc) is 3.29. The number of rotatable bonds is 4. The fourth-order valence-corrected chi connectivity index (χ4v) is 3.16. The van der Waals surface area contributed by atoms with Crippen LogP contribution < -0.4 is 4.74 Å². The number of aromatic nitrogens is 3. The molecule has 3 N–H and O–H groups in total. The summed E-state index contributed by atoms with van der Waals surface area (Å²) in [6.45, 7) is 4.06. The van der Waals surface area contributed by atoms with Gasteiger partial charge in [0.1, 0.15) is 35.9 Å². The maximum atomic E-state index is 12.9. The molecule has 0 saturated carbocycles. The molecular weight excluding hydrogens is 430 g/mol. The molecule has 1 aliphatic heterocycles. The minimum Gasteiger partial charge on any atom is -0.507 e. The van der Waals surface area contributed by atoms with E-state index in [-0.39, 0.29) is 30.3 Å². The van der Waals surface area contributed by atoms with Gasteiger partial charge in [0.05, 0.1) is 18.8 Å². The number of aliphatic hydroxyl groups is 2. The highest BCUT2D eigenvalue weighted by atomic mass is 16.5. The molecule has 33 heavy (non-hydrogen) atoms. The molecule has 2 heterocycles. The average molecular weight is 457 g/mol. The summed E-state index contributed by atoms with van der Waals surface area (Å²) in [6.07, 6.45) is 5.30. The van der Waals surface area contributed by atoms with Crippen LogP contribution in [0.25, 0.3) is 6.08 Å². The zero-order valence-corrected chi connectivity index (χ0v) is 18.4. The SMILES string of the molecule is CC1OC(=O)c2c(O)cc(OCCn3ccnn3)cc2/C=C/CC(O)C(O)C(=O)/C=C\[C@H]1C. The van der Waals surface area contributed by atoms with E-state index in [1.807, 2.05) is 0 Å². The number of cyclic esters (lactones) is 1. The van der Waals surface area contributed by atoms with Gasteiger partial charge in [-0.1, -0.05) is 30.4 Å². The first-order valence-corrected chi connectivity index (χ1v) is 10.6. The van der Waals surface area contributed by atoms with Gasteiger partial charge < -0.3 is 24.8 Å². The van der Waals surface area contributed by atoms with E-state index in [4.69, 9.17) is 9.47 Å². The molecule has 4 atom stereocenters. The van der Waals surface area contributed by atoms with Crippen LogP contribution in [0.1, 0.15) is 36.2 Å². The predicted octanol–water partition coefficient (Wildman–Crippen LogP) is 1.51. The van der Waals surface area contributed by atoms with Gasteiger partial charge >= 0.3 is 5.97 Å². The smallest absolute Gasteiger partial charge is 0.342 e. The Labute approximate surface area is 190 Å². The molecule has 0 bridgehead atoms. The van der Waals surface area contributed by atoms with Crippen LogP contribution in [0.15, 0.2) is 42.8 Å². The number of nitrogens with zero attached hydrogens (tertiary/aromatic N) is 3. The summed E-state index contributed by atoms with van der Waals surface area (Å²) in [5.41, 5.74) is 0.248. The van der Waals surface area contributed by atoms with E-state index in [9.17, 15) is 24.9 Å². The number of phenols is 1. The molecule has 0 aliphatic carbocycles. The number of fused-ring (bicyclic) bond motifs is 1. The number of benzene rings is 1. The van der Waals surface area contributed by atoms with Crippen molar-refractivity contribution >= 4 is 17.8 Å². The Bertz CT molecular complexity index is 1030. The molecule has 3 unspecified atom stereocenters. The Kier molecular flexibility index (Phi) is 7.96. The zero-order valence-electron chi connectivity index (χ0n) is 18.4. The quantitative estimate of drug-likeness (QED) is 0.582. The van der Waals surface area contributed by atoms with E-state index in [0.29, 0.717) is 17.9 Å². The molecule has 3 rings (SSSR count). The first kappa shape index (κ1) is 24.1. The van der Waals surface area contributed by atoms with E-state index in [1.165, 1.54) is 30.4 Å². The van der Waals surface area contributed by atoms with Gasteiger partial charge in [0, 0.05) is 18.2 Å². The second kappa shape index (κ2) is 10.9. The van der Waals surface area contributed by atoms with Crippen molar-refractivity contribution in [3.63, 3.8) is 0 Å². The minimum atomic E-state index is -1.58. The maximum Gasteiger partial charge on any atom is 0.342 e. The van der Waals surface area contributed by atoms with E-state index in [0.717, 1.165) is 0 Å². The van der Waals surface area contributed by atoms with Crippen LogP contribution in [0.4, 0.5) is 0 Å². The lowest BCUT2D eigenvalue weighted by Gasteiger charge is -2.20. The van der Waals surface area contributed by atoms with Crippen LogP contribution in [-0.4, -0.2) is 67.0 Å². The number of aromatic hydroxyl groups is 1. The van der Waals surface area contributed by atoms with Crippen molar-refractivity contribution in [2.75, 3.05) is 6.61 Å². The Balaban J connectivity index is 1.89. The van der Waals surface area contributed by atoms with E-state index < -0.39 is 30.1 Å². The number of hydrogen-bond acceptors (Lipinski definition) is 9. The largest absolute Gasteiger partial charge is 0.507 e. The number of esters is 1. The minimum absolute atomic E-state index is 0.0546. The molecule has 176 valence electrons. The molecule has 2 aromatic rings. The number of hydrogen-bond donors (Lipinski definition) is 3. The summed E-state index contributed by atoms with van der Waals surface area (Å²) in [4.78, 5) is 25.0. The highest BCUT2D eigenvalue weighted by molar-refractivity contribution is 5.97.